The number of fused-ring (bicyclic) bond motifs is 1. The third-order valence-electron chi connectivity index (χ3n) is 6.38. The molecule has 3 amide bonds. The number of nitrogens with one attached hydrogen (secondary N) is 4. The van der Waals surface area contributed by atoms with Gasteiger partial charge in [0.2, 0.25) is 11.8 Å². The summed E-state index contributed by atoms with van der Waals surface area (Å²) in [6, 6.07) is 7.82. The topological polar surface area (TPSA) is 164 Å². The summed E-state index contributed by atoms with van der Waals surface area (Å²) in [7, 11) is 0. The number of hydrogen-bond donors (Lipinski definition) is 4. The number of aromatic nitrogens is 1. The zero-order valence-electron chi connectivity index (χ0n) is 20.6. The van der Waals surface area contributed by atoms with Gasteiger partial charge in [-0.05, 0) is 37.8 Å². The predicted octanol–water partition coefficient (Wildman–Crippen LogP) is 0.867. The Kier molecular flexibility index (Phi) is 8.47. The fourth-order valence-electron chi connectivity index (χ4n) is 4.32. The van der Waals surface area contributed by atoms with Gasteiger partial charge in [0.15, 0.2) is 12.4 Å². The van der Waals surface area contributed by atoms with Gasteiger partial charge in [-0.3, -0.25) is 24.0 Å². The molecule has 4 N–H and O–H groups in total. The Morgan fingerprint density at radius 3 is 2.63 bits per heavy atom. The highest BCUT2D eigenvalue weighted by atomic mass is 16.5. The van der Waals surface area contributed by atoms with Gasteiger partial charge in [0.25, 0.3) is 11.7 Å². The van der Waals surface area contributed by atoms with E-state index in [1.807, 2.05) is 24.3 Å². The molecule has 2 heterocycles. The van der Waals surface area contributed by atoms with Crippen LogP contribution < -0.4 is 16.0 Å². The fourth-order valence-corrected chi connectivity index (χ4v) is 4.32. The van der Waals surface area contributed by atoms with E-state index in [1.165, 1.54) is 6.08 Å². The van der Waals surface area contributed by atoms with Crippen molar-refractivity contribution < 1.29 is 33.5 Å². The quantitative estimate of drug-likeness (QED) is 0.252. The van der Waals surface area contributed by atoms with Crippen LogP contribution >= 0.6 is 0 Å². The van der Waals surface area contributed by atoms with Crippen LogP contribution in [0.1, 0.15) is 36.2 Å². The molecule has 1 aliphatic carbocycles. The van der Waals surface area contributed by atoms with Crippen LogP contribution in [0.3, 0.4) is 0 Å². The van der Waals surface area contributed by atoms with Crippen molar-refractivity contribution in [3.8, 4) is 0 Å². The molecule has 1 aliphatic heterocycles. The number of esters is 1. The van der Waals surface area contributed by atoms with E-state index in [0.717, 1.165) is 17.3 Å². The Bertz CT molecular complexity index is 1310. The molecule has 198 valence electrons. The average Bonchev–Trinajstić information content (AvgIpc) is 3.55. The molecule has 1 fully saturated rings. The standard InChI is InChI=1S/C27H28N4O7/c32-22(15-38-27(37)24(34)16-6-2-1-3-7-16)20(13-18-10-11-28-25(18)35)31-23(33)14-29-26(36)21-12-17-8-4-5-9-19(17)30-21/h2,4-9,12,18,20,30H,1,3,10-11,13-15H2,(H,28,35)(H,29,36)(H,31,33). The second-order valence-corrected chi connectivity index (χ2v) is 9.10. The molecule has 2 aliphatic rings. The number of carbonyl (C=O) groups excluding carboxylic acids is 6. The molecule has 1 aromatic carbocycles. The number of para-hydroxylation sites is 1. The molecular weight excluding hydrogens is 492 g/mol. The fraction of sp³-hybridized carbons (Fsp3) is 0.333. The Balaban J connectivity index is 1.33. The summed E-state index contributed by atoms with van der Waals surface area (Å²) in [5.74, 6) is -4.63. The molecule has 0 radical (unpaired) electrons. The molecule has 2 unspecified atom stereocenters. The summed E-state index contributed by atoms with van der Waals surface area (Å²) in [6.45, 7) is -0.721. The number of benzene rings is 1. The van der Waals surface area contributed by atoms with Gasteiger partial charge in [-0.1, -0.05) is 36.4 Å². The molecule has 0 saturated carbocycles. The lowest BCUT2D eigenvalue weighted by Crippen LogP contribution is -2.48. The van der Waals surface area contributed by atoms with Gasteiger partial charge in [-0.25, -0.2) is 4.79 Å². The molecule has 0 spiro atoms. The van der Waals surface area contributed by atoms with E-state index in [2.05, 4.69) is 20.9 Å². The number of hydrogen-bond acceptors (Lipinski definition) is 7. The Hall–Kier alpha value is -4.54. The Morgan fingerprint density at radius 1 is 1.11 bits per heavy atom. The van der Waals surface area contributed by atoms with E-state index in [9.17, 15) is 28.8 Å². The van der Waals surface area contributed by atoms with Crippen LogP contribution in [0, 0.1) is 5.92 Å². The number of allylic oxidation sites excluding steroid dienone is 3. The number of carbonyl (C=O) groups is 6. The van der Waals surface area contributed by atoms with Crippen LogP contribution in [0.2, 0.25) is 0 Å². The van der Waals surface area contributed by atoms with E-state index in [1.54, 1.807) is 18.2 Å². The smallest absolute Gasteiger partial charge is 0.380 e. The summed E-state index contributed by atoms with van der Waals surface area (Å²) >= 11 is 0. The summed E-state index contributed by atoms with van der Waals surface area (Å²) in [5, 5.41) is 8.53. The van der Waals surface area contributed by atoms with Crippen LogP contribution in [0.4, 0.5) is 0 Å². The highest BCUT2D eigenvalue weighted by Gasteiger charge is 2.32. The molecule has 38 heavy (non-hydrogen) atoms. The summed E-state index contributed by atoms with van der Waals surface area (Å²) in [4.78, 5) is 77.4. The maximum atomic E-state index is 12.9. The van der Waals surface area contributed by atoms with Crippen LogP contribution in [0.25, 0.3) is 10.9 Å². The molecule has 2 atom stereocenters. The minimum absolute atomic E-state index is 0.00818. The molecule has 0 bridgehead atoms. The van der Waals surface area contributed by atoms with Crippen molar-refractivity contribution in [3.05, 3.63) is 59.8 Å². The molecule has 11 nitrogen and oxygen atoms in total. The third kappa shape index (κ3) is 6.61. The Labute approximate surface area is 218 Å². The van der Waals surface area contributed by atoms with Crippen molar-refractivity contribution in [2.24, 2.45) is 5.92 Å². The number of H-pyrrole nitrogens is 1. The van der Waals surface area contributed by atoms with Crippen molar-refractivity contribution in [2.75, 3.05) is 19.7 Å². The first-order chi connectivity index (χ1) is 18.3. The van der Waals surface area contributed by atoms with Crippen molar-refractivity contribution in [1.29, 1.82) is 0 Å². The van der Waals surface area contributed by atoms with Gasteiger partial charge in [0, 0.05) is 28.9 Å². The van der Waals surface area contributed by atoms with Crippen molar-refractivity contribution in [3.63, 3.8) is 0 Å². The number of aromatic amines is 1. The van der Waals surface area contributed by atoms with Gasteiger partial charge in [-0.15, -0.1) is 0 Å². The van der Waals surface area contributed by atoms with E-state index in [-0.39, 0.29) is 23.6 Å². The summed E-state index contributed by atoms with van der Waals surface area (Å²) in [6.07, 6.45) is 6.78. The minimum Gasteiger partial charge on any atom is -0.452 e. The number of ketones is 2. The van der Waals surface area contributed by atoms with E-state index < -0.39 is 54.5 Å². The van der Waals surface area contributed by atoms with Gasteiger partial charge < -0.3 is 25.7 Å². The predicted molar refractivity (Wildman–Crippen MR) is 136 cm³/mol. The first-order valence-electron chi connectivity index (χ1n) is 12.4. The molecule has 11 heteroatoms. The van der Waals surface area contributed by atoms with Gasteiger partial charge in [0.1, 0.15) is 5.69 Å². The lowest BCUT2D eigenvalue weighted by molar-refractivity contribution is -0.154. The van der Waals surface area contributed by atoms with Gasteiger partial charge >= 0.3 is 5.97 Å². The average molecular weight is 521 g/mol. The van der Waals surface area contributed by atoms with Gasteiger partial charge in [0.05, 0.1) is 12.6 Å². The van der Waals surface area contributed by atoms with Crippen LogP contribution in [0.5, 0.6) is 0 Å². The lowest BCUT2D eigenvalue weighted by atomic mass is 9.96. The maximum absolute atomic E-state index is 12.9. The minimum atomic E-state index is -1.18. The van der Waals surface area contributed by atoms with Crippen LogP contribution in [-0.4, -0.2) is 66.0 Å². The SMILES string of the molecule is O=C(CNC(=O)c1cc2ccccc2[nH]1)NC(CC1CCNC1=O)C(=O)COC(=O)C(=O)C1=CCCC=C1. The highest BCUT2D eigenvalue weighted by Crippen LogP contribution is 2.17. The number of amides is 3. The molecular formula is C27H28N4O7. The van der Waals surface area contributed by atoms with Gasteiger partial charge in [-0.2, -0.15) is 0 Å². The Morgan fingerprint density at radius 2 is 1.92 bits per heavy atom. The van der Waals surface area contributed by atoms with Crippen LogP contribution in [-0.2, 0) is 28.7 Å². The van der Waals surface area contributed by atoms with Crippen molar-refractivity contribution in [2.45, 2.75) is 31.7 Å². The first kappa shape index (κ1) is 26.5. The van der Waals surface area contributed by atoms with E-state index in [4.69, 9.17) is 4.74 Å². The van der Waals surface area contributed by atoms with Crippen molar-refractivity contribution in [1.82, 2.24) is 20.9 Å². The first-order valence-corrected chi connectivity index (χ1v) is 12.4. The largest absolute Gasteiger partial charge is 0.452 e. The van der Waals surface area contributed by atoms with Crippen molar-refractivity contribution >= 4 is 46.2 Å². The molecule has 1 saturated heterocycles. The number of Topliss-reactive ketones (excluding diaryl/α,β-unsaturated/α-hetero) is 2. The zero-order valence-corrected chi connectivity index (χ0v) is 20.6. The highest BCUT2D eigenvalue weighted by molar-refractivity contribution is 6.41. The van der Waals surface area contributed by atoms with E-state index >= 15 is 0 Å². The summed E-state index contributed by atoms with van der Waals surface area (Å²) < 4.78 is 4.92. The monoisotopic (exact) mass is 520 g/mol. The molecule has 2 aromatic rings. The number of rotatable bonds is 11. The molecule has 4 rings (SSSR count). The second-order valence-electron chi connectivity index (χ2n) is 9.10. The number of ether oxygens (including phenoxy) is 1. The lowest BCUT2D eigenvalue weighted by Gasteiger charge is -2.20. The zero-order chi connectivity index (χ0) is 27.1. The third-order valence-corrected chi connectivity index (χ3v) is 6.38. The van der Waals surface area contributed by atoms with Crippen LogP contribution in [0.15, 0.2) is 54.1 Å². The normalized spacial score (nSPS) is 17.3. The molecule has 1 aromatic heterocycles. The van der Waals surface area contributed by atoms with E-state index in [0.29, 0.717) is 19.4 Å². The summed E-state index contributed by atoms with van der Waals surface area (Å²) in [5.41, 5.74) is 1.24. The second kappa shape index (κ2) is 12.1. The maximum Gasteiger partial charge on any atom is 0.380 e.